The van der Waals surface area contributed by atoms with Gasteiger partial charge in [0.05, 0.1) is 31.7 Å². The van der Waals surface area contributed by atoms with Gasteiger partial charge in [-0.2, -0.15) is 0 Å². The molecule has 0 saturated carbocycles. The molecule has 4 heterocycles. The summed E-state index contributed by atoms with van der Waals surface area (Å²) < 4.78 is 66.0. The topological polar surface area (TPSA) is 136 Å². The van der Waals surface area contributed by atoms with E-state index in [1.54, 1.807) is 20.8 Å². The van der Waals surface area contributed by atoms with Crippen LogP contribution in [0.15, 0.2) is 30.3 Å². The van der Waals surface area contributed by atoms with Gasteiger partial charge in [-0.3, -0.25) is 9.59 Å². The van der Waals surface area contributed by atoms with E-state index in [0.717, 1.165) is 5.56 Å². The van der Waals surface area contributed by atoms with Crippen molar-refractivity contribution in [2.24, 2.45) is 5.41 Å². The van der Waals surface area contributed by atoms with Crippen LogP contribution in [0.5, 0.6) is 0 Å². The Morgan fingerprint density at radius 2 is 1.49 bits per heavy atom. The van der Waals surface area contributed by atoms with Gasteiger partial charge in [-0.15, -0.1) is 0 Å². The second-order valence-corrected chi connectivity index (χ2v) is 11.9. The molecular formula is C30H42O13. The van der Waals surface area contributed by atoms with Gasteiger partial charge in [-0.25, -0.2) is 0 Å². The van der Waals surface area contributed by atoms with Crippen LogP contribution in [0.2, 0.25) is 0 Å². The lowest BCUT2D eigenvalue weighted by molar-refractivity contribution is -0.369. The van der Waals surface area contributed by atoms with Gasteiger partial charge in [-0.05, 0) is 20.8 Å². The number of carbonyl (C=O) groups is 2. The Morgan fingerprint density at radius 1 is 0.791 bits per heavy atom. The lowest BCUT2D eigenvalue weighted by Crippen LogP contribution is -2.65. The summed E-state index contributed by atoms with van der Waals surface area (Å²) in [4.78, 5) is 26.4. The van der Waals surface area contributed by atoms with Crippen LogP contribution in [-0.2, 0) is 61.7 Å². The Hall–Kier alpha value is -2.20. The van der Waals surface area contributed by atoms with Crippen LogP contribution in [0.3, 0.4) is 0 Å². The molecule has 1 aromatic carbocycles. The van der Waals surface area contributed by atoms with Crippen LogP contribution in [0.4, 0.5) is 0 Å². The maximum absolute atomic E-state index is 13.2. The number of methoxy groups -OCH3 is 3. The van der Waals surface area contributed by atoms with Crippen molar-refractivity contribution >= 4 is 11.9 Å². The summed E-state index contributed by atoms with van der Waals surface area (Å²) in [6.07, 6.45) is -9.01. The normalized spacial score (nSPS) is 38.8. The van der Waals surface area contributed by atoms with E-state index >= 15 is 0 Å². The molecule has 0 spiro atoms. The van der Waals surface area contributed by atoms with E-state index in [-0.39, 0.29) is 26.2 Å². The number of fused-ring (bicyclic) bond motifs is 3. The van der Waals surface area contributed by atoms with E-state index in [1.807, 2.05) is 30.3 Å². The van der Waals surface area contributed by atoms with Gasteiger partial charge >= 0.3 is 11.9 Å². The largest absolute Gasteiger partial charge is 0.455 e. The first-order valence-corrected chi connectivity index (χ1v) is 14.5. The lowest BCUT2D eigenvalue weighted by Gasteiger charge is -2.49. The molecule has 0 aromatic heterocycles. The van der Waals surface area contributed by atoms with Crippen LogP contribution in [-0.4, -0.2) is 115 Å². The lowest BCUT2D eigenvalue weighted by atomic mass is 9.94. The smallest absolute Gasteiger partial charge is 0.311 e. The van der Waals surface area contributed by atoms with Crippen molar-refractivity contribution in [1.29, 1.82) is 0 Å². The minimum absolute atomic E-state index is 0.00840. The van der Waals surface area contributed by atoms with Crippen molar-refractivity contribution in [1.82, 2.24) is 0 Å². The molecule has 4 fully saturated rings. The molecule has 13 heteroatoms. The first-order valence-electron chi connectivity index (χ1n) is 14.5. The average Bonchev–Trinajstić information content (AvgIpc) is 3.03. The van der Waals surface area contributed by atoms with Crippen molar-refractivity contribution in [2.75, 3.05) is 41.2 Å². The quantitative estimate of drug-likeness (QED) is 0.450. The molecule has 0 aliphatic carbocycles. The van der Waals surface area contributed by atoms with E-state index < -0.39 is 85.1 Å². The molecular weight excluding hydrogens is 568 g/mol. The maximum atomic E-state index is 13.2. The summed E-state index contributed by atoms with van der Waals surface area (Å²) in [5.74, 6) is -1.09. The highest BCUT2D eigenvalue weighted by molar-refractivity contribution is 5.75. The van der Waals surface area contributed by atoms with Crippen LogP contribution in [0.25, 0.3) is 0 Å². The SMILES string of the molecule is COC1C(OC)[C@@H]2OCCC(=O)OC3C(OC(=O)C(C)(C)C)[C@@H]4OC(c5ccccc5)OCC4O[C@H]3OCC2O[C@@H]1OC. The highest BCUT2D eigenvalue weighted by Crippen LogP contribution is 2.38. The third-order valence-electron chi connectivity index (χ3n) is 7.89. The molecule has 0 bridgehead atoms. The molecule has 4 aliphatic rings. The van der Waals surface area contributed by atoms with Crippen molar-refractivity contribution in [3.63, 3.8) is 0 Å². The summed E-state index contributed by atoms with van der Waals surface area (Å²) >= 11 is 0. The summed E-state index contributed by atoms with van der Waals surface area (Å²) in [6.45, 7) is 5.30. The molecule has 13 nitrogen and oxygen atoms in total. The fourth-order valence-corrected chi connectivity index (χ4v) is 5.62. The highest BCUT2D eigenvalue weighted by atomic mass is 16.8. The van der Waals surface area contributed by atoms with Crippen LogP contribution in [0.1, 0.15) is 39.0 Å². The molecule has 0 N–H and O–H groups in total. The summed E-state index contributed by atoms with van der Waals surface area (Å²) in [6, 6.07) is 9.38. The number of benzene rings is 1. The summed E-state index contributed by atoms with van der Waals surface area (Å²) in [5.41, 5.74) is -0.0581. The second-order valence-electron chi connectivity index (χ2n) is 11.9. The monoisotopic (exact) mass is 610 g/mol. The van der Waals surface area contributed by atoms with E-state index in [4.69, 9.17) is 52.1 Å². The second kappa shape index (κ2) is 13.8. The van der Waals surface area contributed by atoms with Crippen molar-refractivity contribution in [3.05, 3.63) is 35.9 Å². The van der Waals surface area contributed by atoms with Gasteiger partial charge < -0.3 is 52.1 Å². The fraction of sp³-hybridized carbons (Fsp3) is 0.733. The van der Waals surface area contributed by atoms with Crippen molar-refractivity contribution in [2.45, 2.75) is 94.9 Å². The maximum Gasteiger partial charge on any atom is 0.311 e. The molecule has 1 aromatic rings. The minimum atomic E-state index is -1.15. The van der Waals surface area contributed by atoms with Gasteiger partial charge in [0.15, 0.2) is 31.1 Å². The van der Waals surface area contributed by atoms with Gasteiger partial charge in [0, 0.05) is 26.9 Å². The first-order chi connectivity index (χ1) is 20.6. The van der Waals surface area contributed by atoms with E-state index in [1.165, 1.54) is 21.3 Å². The number of hydrogen-bond donors (Lipinski definition) is 0. The predicted molar refractivity (Wildman–Crippen MR) is 145 cm³/mol. The Kier molecular flexibility index (Phi) is 10.4. The highest BCUT2D eigenvalue weighted by Gasteiger charge is 2.56. The number of rotatable bonds is 5. The Balaban J connectivity index is 1.44. The molecule has 4 aliphatic heterocycles. The first kappa shape index (κ1) is 32.2. The van der Waals surface area contributed by atoms with Crippen LogP contribution in [0, 0.1) is 5.41 Å². The van der Waals surface area contributed by atoms with E-state index in [0.29, 0.717) is 0 Å². The van der Waals surface area contributed by atoms with Gasteiger partial charge in [0.25, 0.3) is 0 Å². The Labute approximate surface area is 251 Å². The predicted octanol–water partition coefficient (Wildman–Crippen LogP) is 1.90. The zero-order valence-corrected chi connectivity index (χ0v) is 25.4. The number of ether oxygens (including phenoxy) is 11. The minimum Gasteiger partial charge on any atom is -0.455 e. The van der Waals surface area contributed by atoms with Gasteiger partial charge in [0.1, 0.15) is 36.6 Å². The molecule has 5 rings (SSSR count). The molecule has 4 saturated heterocycles. The Bertz CT molecular complexity index is 1080. The number of carbonyl (C=O) groups excluding carboxylic acids is 2. The molecule has 43 heavy (non-hydrogen) atoms. The third kappa shape index (κ3) is 7.05. The summed E-state index contributed by atoms with van der Waals surface area (Å²) in [7, 11) is 4.57. The standard InChI is InChI=1S/C30H42O13/c1-30(2,3)29(32)43-23-21-18(15-37-26(42-21)16-10-8-7-9-11-16)40-28-25(23)41-19(31)12-13-36-20-17(14-38-28)39-27(35-6)24(34-5)22(20)33-4/h7-11,17-18,20-28H,12-15H2,1-6H3/t17?,18?,20-,21-,22?,23?,24?,25?,26?,27+,28-/m1/s1. The fourth-order valence-electron chi connectivity index (χ4n) is 5.62. The van der Waals surface area contributed by atoms with Gasteiger partial charge in [0.2, 0.25) is 0 Å². The molecule has 7 unspecified atom stereocenters. The molecule has 11 atom stereocenters. The van der Waals surface area contributed by atoms with E-state index in [2.05, 4.69) is 0 Å². The third-order valence-corrected chi connectivity index (χ3v) is 7.89. The zero-order chi connectivity index (χ0) is 30.7. The summed E-state index contributed by atoms with van der Waals surface area (Å²) in [5, 5.41) is 0. The van der Waals surface area contributed by atoms with Crippen molar-refractivity contribution < 1.29 is 61.7 Å². The van der Waals surface area contributed by atoms with Crippen molar-refractivity contribution in [3.8, 4) is 0 Å². The Morgan fingerprint density at radius 3 is 2.16 bits per heavy atom. The molecule has 0 radical (unpaired) electrons. The van der Waals surface area contributed by atoms with E-state index in [9.17, 15) is 9.59 Å². The van der Waals surface area contributed by atoms with Crippen LogP contribution < -0.4 is 0 Å². The zero-order valence-electron chi connectivity index (χ0n) is 25.4. The molecule has 0 amide bonds. The average molecular weight is 611 g/mol. The number of esters is 2. The molecule has 240 valence electrons. The van der Waals surface area contributed by atoms with Crippen LogP contribution >= 0.6 is 0 Å². The van der Waals surface area contributed by atoms with Gasteiger partial charge in [-0.1, -0.05) is 30.3 Å². The number of hydrogen-bond acceptors (Lipinski definition) is 13.